The fraction of sp³-hybridized carbons (Fsp3) is 0.429. The fourth-order valence-electron chi connectivity index (χ4n) is 3.80. The van der Waals surface area contributed by atoms with Gasteiger partial charge in [0.2, 0.25) is 5.91 Å². The average Bonchev–Trinajstić information content (AvgIpc) is 3.47. The smallest absolute Gasteiger partial charge is 0.343 e. The van der Waals surface area contributed by atoms with Gasteiger partial charge in [0.05, 0.1) is 11.6 Å². The number of carbonyl (C=O) groups is 1. The van der Waals surface area contributed by atoms with Crippen LogP contribution >= 0.6 is 0 Å². The first-order valence-corrected chi connectivity index (χ1v) is 10.2. The van der Waals surface area contributed by atoms with E-state index >= 15 is 0 Å². The number of aromatic nitrogens is 5. The van der Waals surface area contributed by atoms with Crippen LogP contribution in [-0.2, 0) is 9.53 Å². The van der Waals surface area contributed by atoms with E-state index in [1.165, 1.54) is 36.4 Å². The molecule has 2 atom stereocenters. The van der Waals surface area contributed by atoms with Gasteiger partial charge in [-0.25, -0.2) is 15.0 Å². The Balaban J connectivity index is 1.54. The molecule has 2 heterocycles. The average molecular weight is 459 g/mol. The van der Waals surface area contributed by atoms with Crippen molar-refractivity contribution in [2.75, 3.05) is 0 Å². The molecule has 2 unspecified atom stereocenters. The topological polar surface area (TPSA) is 119 Å². The molecule has 12 heteroatoms. The van der Waals surface area contributed by atoms with E-state index in [1.807, 2.05) is 6.07 Å². The number of nitrogens with zero attached hydrogens (tertiary/aromatic N) is 6. The van der Waals surface area contributed by atoms with Gasteiger partial charge >= 0.3 is 6.36 Å². The summed E-state index contributed by atoms with van der Waals surface area (Å²) in [6.45, 7) is 2.99. The molecule has 1 amide bonds. The first-order chi connectivity index (χ1) is 15.6. The molecule has 1 N–H and O–H groups in total. The van der Waals surface area contributed by atoms with Crippen LogP contribution in [0.2, 0.25) is 0 Å². The van der Waals surface area contributed by atoms with Crippen LogP contribution in [-0.4, -0.2) is 42.6 Å². The molecule has 0 aromatic carbocycles. The summed E-state index contributed by atoms with van der Waals surface area (Å²) in [5.41, 5.74) is -0.666. The number of rotatable bonds is 6. The van der Waals surface area contributed by atoms with Crippen LogP contribution < -0.4 is 5.32 Å². The molecule has 1 saturated carbocycles. The van der Waals surface area contributed by atoms with Gasteiger partial charge in [0.25, 0.3) is 0 Å². The van der Waals surface area contributed by atoms with Crippen molar-refractivity contribution in [3.05, 3.63) is 53.5 Å². The van der Waals surface area contributed by atoms with Gasteiger partial charge in [0, 0.05) is 18.1 Å². The Labute approximate surface area is 187 Å². The van der Waals surface area contributed by atoms with Gasteiger partial charge in [-0.3, -0.25) is 9.53 Å². The number of allylic oxidation sites excluding steroid dienone is 2. The highest BCUT2D eigenvalue weighted by molar-refractivity contribution is 5.94. The summed E-state index contributed by atoms with van der Waals surface area (Å²) in [6.07, 6.45) is 2.27. The maximum atomic E-state index is 13.0. The van der Waals surface area contributed by atoms with E-state index in [2.05, 4.69) is 30.1 Å². The summed E-state index contributed by atoms with van der Waals surface area (Å²) in [5.74, 6) is 0.226. The molecule has 0 spiro atoms. The molecule has 2 aliphatic rings. The van der Waals surface area contributed by atoms with Crippen molar-refractivity contribution in [2.24, 2.45) is 5.92 Å². The van der Waals surface area contributed by atoms with E-state index < -0.39 is 23.9 Å². The van der Waals surface area contributed by atoms with E-state index in [4.69, 9.17) is 5.26 Å². The molecule has 33 heavy (non-hydrogen) atoms. The molecule has 2 aromatic rings. The molecule has 0 saturated heterocycles. The number of nitrogens with one attached hydrogen (secondary N) is 1. The summed E-state index contributed by atoms with van der Waals surface area (Å²) in [7, 11) is 0. The number of nitriles is 1. The van der Waals surface area contributed by atoms with E-state index in [-0.39, 0.29) is 29.4 Å². The molecule has 172 valence electrons. The van der Waals surface area contributed by atoms with E-state index in [0.29, 0.717) is 11.4 Å². The zero-order chi connectivity index (χ0) is 23.8. The van der Waals surface area contributed by atoms with Gasteiger partial charge in [-0.1, -0.05) is 6.08 Å². The number of carbonyl (C=O) groups excluding carboxylic acids is 1. The van der Waals surface area contributed by atoms with Gasteiger partial charge in [0.15, 0.2) is 11.6 Å². The Bertz CT molecular complexity index is 1180. The summed E-state index contributed by atoms with van der Waals surface area (Å²) >= 11 is 0. The Kier molecular flexibility index (Phi) is 5.75. The quantitative estimate of drug-likeness (QED) is 0.705. The van der Waals surface area contributed by atoms with Gasteiger partial charge < -0.3 is 5.32 Å². The lowest BCUT2D eigenvalue weighted by atomic mass is 9.85. The van der Waals surface area contributed by atoms with E-state index in [9.17, 15) is 18.0 Å². The van der Waals surface area contributed by atoms with Gasteiger partial charge in [-0.05, 0) is 44.3 Å². The SMILES string of the molecule is CC(NC(=O)C1=CC(C2CC2)=CC(C)(OC(F)(F)F)C1)c1ncnn1-c1cc(C#N)ncn1. The Morgan fingerprint density at radius 3 is 2.76 bits per heavy atom. The predicted molar refractivity (Wildman–Crippen MR) is 107 cm³/mol. The third kappa shape index (κ3) is 5.25. The number of hydrogen-bond acceptors (Lipinski definition) is 7. The number of halogens is 3. The zero-order valence-electron chi connectivity index (χ0n) is 17.8. The molecule has 2 aromatic heterocycles. The van der Waals surface area contributed by atoms with Crippen molar-refractivity contribution >= 4 is 5.91 Å². The largest absolute Gasteiger partial charge is 0.523 e. The normalized spacial score (nSPS) is 21.6. The summed E-state index contributed by atoms with van der Waals surface area (Å²) in [6, 6.07) is 2.67. The maximum Gasteiger partial charge on any atom is 0.523 e. The lowest BCUT2D eigenvalue weighted by molar-refractivity contribution is -0.355. The second-order valence-electron chi connectivity index (χ2n) is 8.22. The lowest BCUT2D eigenvalue weighted by Crippen LogP contribution is -2.39. The van der Waals surface area contributed by atoms with Crippen LogP contribution in [0.1, 0.15) is 50.7 Å². The molecule has 0 aliphatic heterocycles. The zero-order valence-corrected chi connectivity index (χ0v) is 17.8. The van der Waals surface area contributed by atoms with Crippen LogP contribution in [0.4, 0.5) is 13.2 Å². The first kappa shape index (κ1) is 22.6. The first-order valence-electron chi connectivity index (χ1n) is 10.2. The molecule has 4 rings (SSSR count). The highest BCUT2D eigenvalue weighted by atomic mass is 19.4. The summed E-state index contributed by atoms with van der Waals surface area (Å²) in [4.78, 5) is 25.1. The van der Waals surface area contributed by atoms with E-state index in [1.54, 1.807) is 13.0 Å². The second-order valence-corrected chi connectivity index (χ2v) is 8.22. The molecule has 0 bridgehead atoms. The van der Waals surface area contributed by atoms with Crippen molar-refractivity contribution in [2.45, 2.75) is 51.1 Å². The van der Waals surface area contributed by atoms with Crippen LogP contribution in [0.5, 0.6) is 0 Å². The van der Waals surface area contributed by atoms with Crippen molar-refractivity contribution in [3.63, 3.8) is 0 Å². The van der Waals surface area contributed by atoms with Crippen molar-refractivity contribution < 1.29 is 22.7 Å². The lowest BCUT2D eigenvalue weighted by Gasteiger charge is -2.32. The number of amides is 1. The van der Waals surface area contributed by atoms with Crippen molar-refractivity contribution in [3.8, 4) is 11.9 Å². The Morgan fingerprint density at radius 1 is 1.33 bits per heavy atom. The minimum atomic E-state index is -4.83. The highest BCUT2D eigenvalue weighted by Crippen LogP contribution is 2.44. The maximum absolute atomic E-state index is 13.0. The molecule has 2 aliphatic carbocycles. The third-order valence-electron chi connectivity index (χ3n) is 5.34. The van der Waals surface area contributed by atoms with Crippen LogP contribution in [0.25, 0.3) is 5.82 Å². The van der Waals surface area contributed by atoms with Gasteiger partial charge in [-0.15, -0.1) is 13.2 Å². The number of ether oxygens (including phenoxy) is 1. The molecule has 9 nitrogen and oxygen atoms in total. The van der Waals surface area contributed by atoms with Crippen LogP contribution in [0.15, 0.2) is 42.0 Å². The van der Waals surface area contributed by atoms with Crippen molar-refractivity contribution in [1.82, 2.24) is 30.0 Å². The minimum absolute atomic E-state index is 0.133. The third-order valence-corrected chi connectivity index (χ3v) is 5.34. The van der Waals surface area contributed by atoms with Gasteiger partial charge in [0.1, 0.15) is 24.4 Å². The van der Waals surface area contributed by atoms with Gasteiger partial charge in [-0.2, -0.15) is 15.0 Å². The molecular weight excluding hydrogens is 439 g/mol. The van der Waals surface area contributed by atoms with E-state index in [0.717, 1.165) is 12.8 Å². The second kappa shape index (κ2) is 8.40. The monoisotopic (exact) mass is 459 g/mol. The fourth-order valence-corrected chi connectivity index (χ4v) is 3.80. The molecule has 1 fully saturated rings. The summed E-state index contributed by atoms with van der Waals surface area (Å²) < 4.78 is 44.7. The molecular formula is C21H20F3N7O2. The Morgan fingerprint density at radius 2 is 2.09 bits per heavy atom. The number of alkyl halides is 3. The number of hydrogen-bond donors (Lipinski definition) is 1. The predicted octanol–water partition coefficient (Wildman–Crippen LogP) is 3.07. The van der Waals surface area contributed by atoms with Crippen molar-refractivity contribution in [1.29, 1.82) is 5.26 Å². The standard InChI is InChI=1S/C21H20F3N7O2/c1-12(18-28-11-29-31(18)17-6-16(9-25)26-10-27-17)30-19(32)15-5-14(13-3-4-13)7-20(2,8-15)33-21(22,23)24/h5-7,10-13H,3-4,8H2,1-2H3,(H,30,32). The summed E-state index contributed by atoms with van der Waals surface area (Å²) in [5, 5.41) is 15.9. The van der Waals surface area contributed by atoms with Crippen LogP contribution in [0, 0.1) is 17.2 Å². The highest BCUT2D eigenvalue weighted by Gasteiger charge is 2.43. The Hall–Kier alpha value is -3.59. The van der Waals surface area contributed by atoms with Crippen LogP contribution in [0.3, 0.4) is 0 Å². The molecule has 0 radical (unpaired) electrons. The minimum Gasteiger partial charge on any atom is -0.343 e.